The second kappa shape index (κ2) is 7.38. The number of hydrogen-bond donors (Lipinski definition) is 3. The average molecular weight is 346 g/mol. The van der Waals surface area contributed by atoms with Gasteiger partial charge >= 0.3 is 0 Å². The molecule has 0 spiro atoms. The van der Waals surface area contributed by atoms with Gasteiger partial charge < -0.3 is 20.3 Å². The first kappa shape index (κ1) is 17.0. The summed E-state index contributed by atoms with van der Waals surface area (Å²) in [4.78, 5) is 19.0. The summed E-state index contributed by atoms with van der Waals surface area (Å²) in [6.07, 6.45) is 2.45. The summed E-state index contributed by atoms with van der Waals surface area (Å²) < 4.78 is 2.07. The quantitative estimate of drug-likeness (QED) is 0.707. The Balaban J connectivity index is 1.94. The maximum Gasteiger partial charge on any atom is 0.241 e. The van der Waals surface area contributed by atoms with Crippen molar-refractivity contribution in [3.05, 3.63) is 42.4 Å². The van der Waals surface area contributed by atoms with Gasteiger partial charge in [-0.05, 0) is 6.42 Å². The Labute approximate surface area is 146 Å². The molecule has 1 aliphatic rings. The number of thiol groups is 1. The van der Waals surface area contributed by atoms with Gasteiger partial charge in [-0.3, -0.25) is 4.79 Å². The van der Waals surface area contributed by atoms with E-state index in [1.165, 1.54) is 0 Å². The SMILES string of the molecule is NC(CS)C(=O)N1CCn2cc(-c3ccccc3)nc2C1CCO. The van der Waals surface area contributed by atoms with E-state index in [0.29, 0.717) is 25.3 Å². The van der Waals surface area contributed by atoms with E-state index in [-0.39, 0.29) is 18.6 Å². The number of hydrogen-bond acceptors (Lipinski definition) is 5. The number of benzene rings is 1. The number of nitrogens with zero attached hydrogens (tertiary/aromatic N) is 3. The van der Waals surface area contributed by atoms with Gasteiger partial charge in [0.2, 0.25) is 5.91 Å². The normalized spacial score (nSPS) is 18.3. The largest absolute Gasteiger partial charge is 0.396 e. The third kappa shape index (κ3) is 3.19. The topological polar surface area (TPSA) is 84.4 Å². The van der Waals surface area contributed by atoms with Gasteiger partial charge in [-0.1, -0.05) is 30.3 Å². The Morgan fingerprint density at radius 3 is 2.79 bits per heavy atom. The van der Waals surface area contributed by atoms with Crippen molar-refractivity contribution < 1.29 is 9.90 Å². The molecule has 128 valence electrons. The fourth-order valence-electron chi connectivity index (χ4n) is 3.10. The first-order valence-corrected chi connectivity index (χ1v) is 8.69. The fourth-order valence-corrected chi connectivity index (χ4v) is 3.25. The number of carbonyl (C=O) groups is 1. The van der Waals surface area contributed by atoms with E-state index in [1.54, 1.807) is 4.90 Å². The van der Waals surface area contributed by atoms with Crippen molar-refractivity contribution >= 4 is 18.5 Å². The lowest BCUT2D eigenvalue weighted by atomic mass is 10.1. The Morgan fingerprint density at radius 2 is 2.12 bits per heavy atom. The van der Waals surface area contributed by atoms with Gasteiger partial charge in [0.25, 0.3) is 0 Å². The van der Waals surface area contributed by atoms with Crippen LogP contribution in [0.25, 0.3) is 11.3 Å². The number of aromatic nitrogens is 2. The van der Waals surface area contributed by atoms with Crippen molar-refractivity contribution in [3.63, 3.8) is 0 Å². The maximum atomic E-state index is 12.5. The van der Waals surface area contributed by atoms with Crippen LogP contribution in [0.15, 0.2) is 36.5 Å². The predicted octanol–water partition coefficient (Wildman–Crippen LogP) is 1.07. The second-order valence-corrected chi connectivity index (χ2v) is 6.26. The minimum absolute atomic E-state index is 0.0158. The van der Waals surface area contributed by atoms with Crippen molar-refractivity contribution in [2.75, 3.05) is 18.9 Å². The van der Waals surface area contributed by atoms with E-state index in [4.69, 9.17) is 10.7 Å². The Morgan fingerprint density at radius 1 is 1.38 bits per heavy atom. The molecule has 1 aliphatic heterocycles. The van der Waals surface area contributed by atoms with Crippen molar-refractivity contribution in [2.45, 2.75) is 25.0 Å². The van der Waals surface area contributed by atoms with Gasteiger partial charge in [0.1, 0.15) is 5.82 Å². The summed E-state index contributed by atoms with van der Waals surface area (Å²) in [5.74, 6) is 0.957. The lowest BCUT2D eigenvalue weighted by molar-refractivity contribution is -0.136. The zero-order valence-electron chi connectivity index (χ0n) is 13.4. The van der Waals surface area contributed by atoms with Gasteiger partial charge in [-0.15, -0.1) is 0 Å². The zero-order chi connectivity index (χ0) is 17.1. The molecule has 2 aromatic rings. The Bertz CT molecular complexity index is 704. The van der Waals surface area contributed by atoms with Gasteiger partial charge in [0.05, 0.1) is 17.8 Å². The van der Waals surface area contributed by atoms with Crippen LogP contribution >= 0.6 is 12.6 Å². The standard InChI is InChI=1S/C17H22N4O2S/c18-13(11-24)17(23)21-8-7-20-10-14(12-4-2-1-3-5-12)19-16(20)15(21)6-9-22/h1-5,10,13,15,22,24H,6-9,11,18H2. The summed E-state index contributed by atoms with van der Waals surface area (Å²) in [7, 11) is 0. The molecular weight excluding hydrogens is 324 g/mol. The van der Waals surface area contributed by atoms with Gasteiger partial charge in [0.15, 0.2) is 0 Å². The average Bonchev–Trinajstić information content (AvgIpc) is 3.06. The number of imidazole rings is 1. The van der Waals surface area contributed by atoms with E-state index in [1.807, 2.05) is 36.5 Å². The summed E-state index contributed by atoms with van der Waals surface area (Å²) in [6.45, 7) is 1.21. The number of nitrogens with two attached hydrogens (primary N) is 1. The smallest absolute Gasteiger partial charge is 0.241 e. The molecule has 0 fully saturated rings. The molecule has 0 saturated heterocycles. The summed E-state index contributed by atoms with van der Waals surface area (Å²) in [5.41, 5.74) is 7.78. The first-order valence-electron chi connectivity index (χ1n) is 8.06. The van der Waals surface area contributed by atoms with E-state index in [9.17, 15) is 9.90 Å². The number of fused-ring (bicyclic) bond motifs is 1. The number of aliphatic hydroxyl groups is 1. The summed E-state index contributed by atoms with van der Waals surface area (Å²) >= 11 is 4.12. The Hall–Kier alpha value is -1.83. The highest BCUT2D eigenvalue weighted by atomic mass is 32.1. The van der Waals surface area contributed by atoms with Crippen molar-refractivity contribution in [1.82, 2.24) is 14.5 Å². The van der Waals surface area contributed by atoms with Crippen LogP contribution in [-0.4, -0.2) is 50.4 Å². The molecule has 0 radical (unpaired) electrons. The van der Waals surface area contributed by atoms with Crippen molar-refractivity contribution in [2.24, 2.45) is 5.73 Å². The lowest BCUT2D eigenvalue weighted by Crippen LogP contribution is -2.50. The molecule has 7 heteroatoms. The molecule has 2 atom stereocenters. The van der Waals surface area contributed by atoms with Crippen molar-refractivity contribution in [3.8, 4) is 11.3 Å². The van der Waals surface area contributed by atoms with Crippen LogP contribution < -0.4 is 5.73 Å². The number of aliphatic hydroxyl groups excluding tert-OH is 1. The minimum atomic E-state index is -0.635. The zero-order valence-corrected chi connectivity index (χ0v) is 14.3. The van der Waals surface area contributed by atoms with Crippen LogP contribution in [0.5, 0.6) is 0 Å². The molecule has 24 heavy (non-hydrogen) atoms. The third-order valence-corrected chi connectivity index (χ3v) is 4.73. The molecule has 3 rings (SSSR count). The van der Waals surface area contributed by atoms with Crippen LogP contribution in [0, 0.1) is 0 Å². The molecule has 1 aromatic carbocycles. The highest BCUT2D eigenvalue weighted by Gasteiger charge is 2.34. The summed E-state index contributed by atoms with van der Waals surface area (Å²) in [5, 5.41) is 9.44. The molecule has 1 amide bonds. The third-order valence-electron chi connectivity index (χ3n) is 4.33. The predicted molar refractivity (Wildman–Crippen MR) is 95.6 cm³/mol. The van der Waals surface area contributed by atoms with Crippen molar-refractivity contribution in [1.29, 1.82) is 0 Å². The second-order valence-electron chi connectivity index (χ2n) is 5.89. The van der Waals surface area contributed by atoms with Crippen LogP contribution in [0.4, 0.5) is 0 Å². The van der Waals surface area contributed by atoms with E-state index in [2.05, 4.69) is 17.2 Å². The molecule has 2 unspecified atom stereocenters. The van der Waals surface area contributed by atoms with E-state index >= 15 is 0 Å². The molecule has 6 nitrogen and oxygen atoms in total. The molecule has 2 heterocycles. The summed E-state index contributed by atoms with van der Waals surface area (Å²) in [6, 6.07) is 9.03. The minimum Gasteiger partial charge on any atom is -0.396 e. The monoisotopic (exact) mass is 346 g/mol. The number of carbonyl (C=O) groups excluding carboxylic acids is 1. The number of rotatable bonds is 5. The lowest BCUT2D eigenvalue weighted by Gasteiger charge is -2.37. The van der Waals surface area contributed by atoms with Gasteiger partial charge in [-0.25, -0.2) is 4.98 Å². The Kier molecular flexibility index (Phi) is 5.23. The highest BCUT2D eigenvalue weighted by Crippen LogP contribution is 2.31. The van der Waals surface area contributed by atoms with Gasteiger partial charge in [0, 0.05) is 37.2 Å². The van der Waals surface area contributed by atoms with E-state index < -0.39 is 6.04 Å². The van der Waals surface area contributed by atoms with Crippen LogP contribution in [0.2, 0.25) is 0 Å². The highest BCUT2D eigenvalue weighted by molar-refractivity contribution is 7.80. The molecular formula is C17H22N4O2S. The first-order chi connectivity index (χ1) is 11.7. The molecule has 0 saturated carbocycles. The number of amides is 1. The molecule has 3 N–H and O–H groups in total. The van der Waals surface area contributed by atoms with Crippen LogP contribution in [-0.2, 0) is 11.3 Å². The molecule has 0 bridgehead atoms. The maximum absolute atomic E-state index is 12.5. The fraction of sp³-hybridized carbons (Fsp3) is 0.412. The molecule has 1 aromatic heterocycles. The van der Waals surface area contributed by atoms with Crippen LogP contribution in [0.3, 0.4) is 0 Å². The molecule has 0 aliphatic carbocycles. The van der Waals surface area contributed by atoms with Gasteiger partial charge in [-0.2, -0.15) is 12.6 Å². The van der Waals surface area contributed by atoms with Crippen LogP contribution in [0.1, 0.15) is 18.3 Å². The van der Waals surface area contributed by atoms with E-state index in [0.717, 1.165) is 17.1 Å².